The minimum atomic E-state index is -1.84. The lowest BCUT2D eigenvalue weighted by atomic mass is 9.90. The van der Waals surface area contributed by atoms with Gasteiger partial charge in [-0.05, 0) is 184 Å². The second-order valence-electron chi connectivity index (χ2n) is 21.9. The van der Waals surface area contributed by atoms with Gasteiger partial charge in [0.05, 0.1) is 77.0 Å². The van der Waals surface area contributed by atoms with Crippen LogP contribution in [0.2, 0.25) is 0 Å². The predicted molar refractivity (Wildman–Crippen MR) is 282 cm³/mol. The van der Waals surface area contributed by atoms with Gasteiger partial charge in [-0.1, -0.05) is 36.4 Å². The monoisotopic (exact) mass is 986 g/mol. The Bertz CT molecular complexity index is 4660. The zero-order valence-electron chi connectivity index (χ0n) is 38.9. The molecule has 0 aliphatic heterocycles. The van der Waals surface area contributed by atoms with Crippen molar-refractivity contribution >= 4 is 173 Å². The molecule has 2 unspecified atom stereocenters. The smallest absolute Gasteiger partial charge is 0.239 e. The summed E-state index contributed by atoms with van der Waals surface area (Å²) in [6.07, 6.45) is -3.40. The van der Waals surface area contributed by atoms with Crippen LogP contribution in [0.3, 0.4) is 0 Å². The number of hydrogen-bond acceptors (Lipinski definition) is 14. The normalized spacial score (nSPS) is 19.8. The van der Waals surface area contributed by atoms with Gasteiger partial charge in [0.25, 0.3) is 0 Å². The van der Waals surface area contributed by atoms with E-state index in [9.17, 15) is 51.1 Å². The molecule has 0 radical (unpaired) electrons. The van der Waals surface area contributed by atoms with E-state index in [1.807, 2.05) is 12.1 Å². The van der Waals surface area contributed by atoms with Gasteiger partial charge in [-0.2, -0.15) is 0 Å². The summed E-state index contributed by atoms with van der Waals surface area (Å²) in [5, 5.41) is 150. The van der Waals surface area contributed by atoms with Crippen LogP contribution in [0.4, 0.5) is 0 Å². The first-order valence-electron chi connectivity index (χ1n) is 25.3. The predicted octanol–water partition coefficient (Wildman–Crippen LogP) is 2.34. The molecule has 16 aromatic carbocycles. The number of carbonyl (C=O) groups is 2. The average Bonchev–Trinajstić information content (AvgIpc) is 3.77. The van der Waals surface area contributed by atoms with Crippen molar-refractivity contribution in [2.75, 3.05) is 52.9 Å². The number of rotatable bonds is 18. The molecule has 0 spiro atoms. The summed E-state index contributed by atoms with van der Waals surface area (Å²) >= 11 is 0. The molecule has 0 saturated heterocycles. The van der Waals surface area contributed by atoms with E-state index < -0.39 is 112 Å². The number of aliphatic hydroxyl groups is 10. The highest BCUT2D eigenvalue weighted by molar-refractivity contribution is 6.71. The summed E-state index contributed by atoms with van der Waals surface area (Å²) in [6, 6.07) is 8.46. The number of nitrogens with one attached hydrogen (secondary N) is 4. The first-order chi connectivity index (χ1) is 36.1. The number of benzene rings is 10. The van der Waals surface area contributed by atoms with E-state index in [0.29, 0.717) is 22.3 Å². The second kappa shape index (κ2) is 12.7. The van der Waals surface area contributed by atoms with Gasteiger partial charge >= 0.3 is 0 Å². The summed E-state index contributed by atoms with van der Waals surface area (Å²) in [4.78, 5) is 30.9. The molecule has 16 heteroatoms. The third kappa shape index (κ3) is 3.74. The fourth-order valence-corrected chi connectivity index (χ4v) is 16.5. The van der Waals surface area contributed by atoms with Crippen LogP contribution in [0.25, 0.3) is 162 Å². The number of hydrogen-bond donors (Lipinski definition) is 14. The van der Waals surface area contributed by atoms with Crippen LogP contribution in [0.15, 0.2) is 36.4 Å². The topological polar surface area (TPSA) is 285 Å². The largest absolute Gasteiger partial charge is 0.395 e. The maximum Gasteiger partial charge on any atom is 0.239 e. The van der Waals surface area contributed by atoms with E-state index in [1.54, 1.807) is 0 Å². The Kier molecular flexibility index (Phi) is 7.12. The van der Waals surface area contributed by atoms with Crippen molar-refractivity contribution in [3.63, 3.8) is 0 Å². The van der Waals surface area contributed by atoms with Crippen LogP contribution in [-0.4, -0.2) is 152 Å². The third-order valence-electron chi connectivity index (χ3n) is 19.2. The highest BCUT2D eigenvalue weighted by Crippen LogP contribution is 2.74. The lowest BCUT2D eigenvalue weighted by Crippen LogP contribution is -2.56. The molecule has 14 N–H and O–H groups in total. The van der Waals surface area contributed by atoms with Crippen molar-refractivity contribution in [1.29, 1.82) is 0 Å². The average molecular weight is 987 g/mol. The van der Waals surface area contributed by atoms with Gasteiger partial charge in [0.1, 0.15) is 23.3 Å². The highest BCUT2D eigenvalue weighted by Gasteiger charge is 2.67. The molecule has 4 atom stereocenters. The molecule has 0 saturated carbocycles. The fraction of sp³-hybridized carbons (Fsp3) is 0.276. The third-order valence-corrected chi connectivity index (χ3v) is 19.2. The molecule has 2 amide bonds. The maximum atomic E-state index is 15.5. The standard InChI is InChI=1S/C58H42N4O12/c63-7-15(8-64)59-53(71)57(54(72)60-16(9-65)10-66)49-31-21-3-1-19-20-2-4-22-28-26(20)35-25(19)27(21)36-40(31)42-33(51(49)57)23-5-6-24-30-29(23)38(42)47-45(36)44(35)46-37(28)41-32(22)50-52(34(24)43(41)39(30)48(46)47)58(50,55(73)61-17(11-67)12-68)56(74)62-18(13-69)14-70/h1-6,15-18,53,55,59,61,63-71,73H,7-14H2,(H,60,72)(H,62,74)/t53-,55+,57?,58?. The molecule has 0 fully saturated rings. The van der Waals surface area contributed by atoms with Crippen molar-refractivity contribution in [3.05, 3.63) is 58.7 Å². The van der Waals surface area contributed by atoms with Gasteiger partial charge in [-0.3, -0.25) is 20.2 Å². The van der Waals surface area contributed by atoms with Gasteiger partial charge in [0.15, 0.2) is 0 Å². The first kappa shape index (κ1) is 41.6. The Morgan fingerprint density at radius 3 is 0.770 bits per heavy atom. The summed E-state index contributed by atoms with van der Waals surface area (Å²) in [5.74, 6) is -1.32. The summed E-state index contributed by atoms with van der Waals surface area (Å²) in [7, 11) is 0. The van der Waals surface area contributed by atoms with Gasteiger partial charge in [0.2, 0.25) is 11.8 Å². The van der Waals surface area contributed by atoms with E-state index in [4.69, 9.17) is 0 Å². The second-order valence-corrected chi connectivity index (χ2v) is 21.9. The highest BCUT2D eigenvalue weighted by atomic mass is 16.3. The molecular formula is C58H42N4O12. The van der Waals surface area contributed by atoms with Crippen molar-refractivity contribution < 1.29 is 60.7 Å². The van der Waals surface area contributed by atoms with Crippen molar-refractivity contribution in [2.24, 2.45) is 0 Å². The van der Waals surface area contributed by atoms with E-state index in [2.05, 4.69) is 45.5 Å². The lowest BCUT2D eigenvalue weighted by molar-refractivity contribution is -0.130. The van der Waals surface area contributed by atoms with Gasteiger partial charge in [-0.15, -0.1) is 0 Å². The van der Waals surface area contributed by atoms with Crippen LogP contribution in [0.5, 0.6) is 0 Å². The molecule has 16 nitrogen and oxygen atoms in total. The van der Waals surface area contributed by atoms with E-state index >= 15 is 9.59 Å². The number of aliphatic hydroxyl groups excluding tert-OH is 10. The zero-order chi connectivity index (χ0) is 50.0. The Hall–Kier alpha value is -6.74. The van der Waals surface area contributed by atoms with Crippen molar-refractivity contribution in [1.82, 2.24) is 21.3 Å². The summed E-state index contributed by atoms with van der Waals surface area (Å²) in [6.45, 7) is -4.48. The van der Waals surface area contributed by atoms with Gasteiger partial charge in [0, 0.05) is 0 Å². The van der Waals surface area contributed by atoms with Crippen molar-refractivity contribution in [3.8, 4) is 0 Å². The van der Waals surface area contributed by atoms with Crippen LogP contribution >= 0.6 is 0 Å². The molecule has 0 bridgehead atoms. The van der Waals surface area contributed by atoms with E-state index in [0.717, 1.165) is 162 Å². The molecule has 74 heavy (non-hydrogen) atoms. The molecule has 0 aromatic heterocycles. The molecule has 18 rings (SSSR count). The van der Waals surface area contributed by atoms with Gasteiger partial charge < -0.3 is 61.7 Å². The minimum Gasteiger partial charge on any atom is -0.395 e. The van der Waals surface area contributed by atoms with Crippen LogP contribution in [0.1, 0.15) is 22.3 Å². The van der Waals surface area contributed by atoms with Crippen molar-refractivity contribution in [2.45, 2.75) is 47.5 Å². The number of fused-ring (bicyclic) bond motifs is 11. The lowest BCUT2D eigenvalue weighted by Gasteiger charge is -2.28. The Morgan fingerprint density at radius 1 is 0.311 bits per heavy atom. The number of amides is 2. The number of carbonyl (C=O) groups excluding carboxylic acids is 2. The maximum absolute atomic E-state index is 15.5. The Morgan fingerprint density at radius 2 is 0.514 bits per heavy atom. The zero-order valence-corrected chi connectivity index (χ0v) is 38.9. The first-order valence-corrected chi connectivity index (χ1v) is 25.3. The van der Waals surface area contributed by atoms with Crippen LogP contribution < -0.4 is 21.3 Å². The molecular weight excluding hydrogens is 945 g/mol. The summed E-state index contributed by atoms with van der Waals surface area (Å²) < 4.78 is 0. The van der Waals surface area contributed by atoms with E-state index in [-0.39, 0.29) is 0 Å². The molecule has 2 aliphatic rings. The molecule has 366 valence electrons. The Balaban J connectivity index is 1.09. The fourth-order valence-electron chi connectivity index (χ4n) is 16.5. The van der Waals surface area contributed by atoms with Crippen LogP contribution in [-0.2, 0) is 20.4 Å². The molecule has 0 heterocycles. The molecule has 2 aliphatic carbocycles. The van der Waals surface area contributed by atoms with E-state index in [1.165, 1.54) is 0 Å². The SMILES string of the molecule is O=C(NC(CO)CO)C1([C@H](O)NC(CO)CO)c2c1c1c3ccc4c5c6c(c7c8ccc9c%10ccc%11c2c2c1c1c3c4c3c5c7c4c8c9c5c%10c%11c2c2c5c4c3c12)C6(C(=O)NC(CO)CO)[C@@H](O)NC(CO)CO. The quantitative estimate of drug-likeness (QED) is 0.0434. The molecule has 16 aromatic rings. The summed E-state index contributed by atoms with van der Waals surface area (Å²) in [5.41, 5.74) is -1.38. The minimum absolute atomic E-state index is 0.544. The van der Waals surface area contributed by atoms with Crippen LogP contribution in [0, 0.1) is 0 Å². The Labute approximate surface area is 412 Å². The van der Waals surface area contributed by atoms with Gasteiger partial charge in [-0.25, -0.2) is 0 Å².